The number of nitrogens with one attached hydrogen (secondary N) is 1. The molecule has 1 amide bonds. The van der Waals surface area contributed by atoms with Gasteiger partial charge in [-0.2, -0.15) is 0 Å². The Morgan fingerprint density at radius 1 is 1.09 bits per heavy atom. The van der Waals surface area contributed by atoms with Crippen molar-refractivity contribution in [2.75, 3.05) is 11.9 Å². The van der Waals surface area contributed by atoms with Gasteiger partial charge in [-0.25, -0.2) is 13.8 Å². The second kappa shape index (κ2) is 8.83. The second-order valence-corrected chi connectivity index (χ2v) is 7.41. The number of ether oxygens (including phenoxy) is 1. The fraction of sp³-hybridized carbons (Fsp3) is 0.174. The third kappa shape index (κ3) is 4.33. The van der Waals surface area contributed by atoms with E-state index in [1.165, 1.54) is 12.3 Å². The number of alkyl halides is 2. The van der Waals surface area contributed by atoms with Crippen LogP contribution in [-0.4, -0.2) is 37.2 Å². The number of hydrogen-bond acceptors (Lipinski definition) is 6. The van der Waals surface area contributed by atoms with Crippen LogP contribution in [0.15, 0.2) is 61.1 Å². The zero-order chi connectivity index (χ0) is 22.8. The minimum Gasteiger partial charge on any atom is -0.375 e. The quantitative estimate of drug-likeness (QED) is 0.496. The topological polar surface area (TPSA) is 94.8 Å². The minimum absolute atomic E-state index is 0.216. The molecule has 8 nitrogen and oxygen atoms in total. The van der Waals surface area contributed by atoms with Crippen molar-refractivity contribution in [2.24, 2.45) is 0 Å². The van der Waals surface area contributed by atoms with Crippen LogP contribution in [0, 0.1) is 0 Å². The molecule has 166 valence electrons. The highest BCUT2D eigenvalue weighted by Crippen LogP contribution is 2.26. The summed E-state index contributed by atoms with van der Waals surface area (Å²) in [6.07, 6.45) is 0.343. The van der Waals surface area contributed by atoms with Gasteiger partial charge in [0.05, 0.1) is 13.2 Å². The molecule has 0 fully saturated rings. The molecular formula is C23H18F2N6O2. The van der Waals surface area contributed by atoms with Crippen LogP contribution in [-0.2, 0) is 17.9 Å². The van der Waals surface area contributed by atoms with Crippen molar-refractivity contribution >= 4 is 11.7 Å². The van der Waals surface area contributed by atoms with Gasteiger partial charge in [0.2, 0.25) is 0 Å². The Labute approximate surface area is 187 Å². The second-order valence-electron chi connectivity index (χ2n) is 7.41. The zero-order valence-electron chi connectivity index (χ0n) is 17.3. The third-order valence-electron chi connectivity index (χ3n) is 5.27. The Hall–Kier alpha value is -4.05. The predicted molar refractivity (Wildman–Crippen MR) is 115 cm³/mol. The molecule has 0 saturated heterocycles. The summed E-state index contributed by atoms with van der Waals surface area (Å²) in [6.45, 7) is 1.12. The number of hydrogen-bond donors (Lipinski definition) is 1. The molecule has 5 rings (SSSR count). The number of amides is 1. The van der Waals surface area contributed by atoms with Crippen LogP contribution in [0.4, 0.5) is 14.6 Å². The highest BCUT2D eigenvalue weighted by atomic mass is 19.3. The molecule has 1 N–H and O–H groups in total. The number of fused-ring (bicyclic) bond motifs is 5. The van der Waals surface area contributed by atoms with E-state index in [0.29, 0.717) is 52.7 Å². The highest BCUT2D eigenvalue weighted by Gasteiger charge is 2.17. The number of aromatic nitrogens is 5. The van der Waals surface area contributed by atoms with Gasteiger partial charge >= 0.3 is 0 Å². The predicted octanol–water partition coefficient (Wildman–Crippen LogP) is 4.12. The van der Waals surface area contributed by atoms with Crippen LogP contribution in [0.2, 0.25) is 0 Å². The molecule has 0 spiro atoms. The van der Waals surface area contributed by atoms with Gasteiger partial charge in [0.25, 0.3) is 12.3 Å². The normalized spacial score (nSPS) is 13.8. The van der Waals surface area contributed by atoms with Gasteiger partial charge in [-0.05, 0) is 35.4 Å². The summed E-state index contributed by atoms with van der Waals surface area (Å²) in [5.41, 5.74) is 2.66. The van der Waals surface area contributed by atoms with Gasteiger partial charge in [-0.1, -0.05) is 24.3 Å². The number of carbonyl (C=O) groups is 1. The summed E-state index contributed by atoms with van der Waals surface area (Å²) in [5.74, 6) is 0.581. The van der Waals surface area contributed by atoms with Crippen molar-refractivity contribution in [1.82, 2.24) is 24.7 Å². The van der Waals surface area contributed by atoms with Crippen LogP contribution in [0.25, 0.3) is 22.6 Å². The first-order chi connectivity index (χ1) is 16.1. The lowest BCUT2D eigenvalue weighted by Crippen LogP contribution is -2.16. The van der Waals surface area contributed by atoms with Gasteiger partial charge in [0.15, 0.2) is 5.82 Å². The lowest BCUT2D eigenvalue weighted by Gasteiger charge is -2.13. The summed E-state index contributed by atoms with van der Waals surface area (Å²) in [7, 11) is 0. The SMILES string of the molecule is O=C1Nc2cccc(n2)-c2nncn2CCOCc2ccc(-c3ccc(C(F)F)nc3)cc21. The van der Waals surface area contributed by atoms with Crippen LogP contribution < -0.4 is 5.32 Å². The summed E-state index contributed by atoms with van der Waals surface area (Å²) in [5, 5.41) is 10.9. The number of rotatable bonds is 2. The van der Waals surface area contributed by atoms with Gasteiger partial charge in [0, 0.05) is 23.9 Å². The van der Waals surface area contributed by atoms with Gasteiger partial charge in [-0.15, -0.1) is 10.2 Å². The summed E-state index contributed by atoms with van der Waals surface area (Å²) >= 11 is 0. The van der Waals surface area contributed by atoms with Gasteiger partial charge in [-0.3, -0.25) is 9.78 Å². The van der Waals surface area contributed by atoms with Crippen molar-refractivity contribution in [2.45, 2.75) is 19.6 Å². The van der Waals surface area contributed by atoms with E-state index < -0.39 is 6.43 Å². The minimum atomic E-state index is -2.64. The van der Waals surface area contributed by atoms with Crippen molar-refractivity contribution in [1.29, 1.82) is 0 Å². The standard InChI is InChI=1S/C23H18F2N6O2/c24-21(25)18-7-6-15(11-26-18)14-4-5-16-12-33-9-8-31-13-27-30-22(31)19-2-1-3-20(28-19)29-23(32)17(16)10-14/h1-7,10-11,13,21H,8-9,12H2,(H,28,29,32). The van der Waals surface area contributed by atoms with E-state index in [9.17, 15) is 13.6 Å². The number of anilines is 1. The average Bonchev–Trinajstić information content (AvgIpc) is 3.30. The largest absolute Gasteiger partial charge is 0.375 e. The van der Waals surface area contributed by atoms with E-state index in [0.717, 1.165) is 0 Å². The van der Waals surface area contributed by atoms with Crippen molar-refractivity contribution in [3.8, 4) is 22.6 Å². The number of benzene rings is 1. The molecule has 0 atom stereocenters. The lowest BCUT2D eigenvalue weighted by molar-refractivity contribution is 0.0997. The van der Waals surface area contributed by atoms with Crippen LogP contribution >= 0.6 is 0 Å². The Morgan fingerprint density at radius 3 is 2.79 bits per heavy atom. The smallest absolute Gasteiger partial charge is 0.280 e. The Morgan fingerprint density at radius 2 is 1.97 bits per heavy atom. The van der Waals surface area contributed by atoms with E-state index in [1.54, 1.807) is 42.7 Å². The van der Waals surface area contributed by atoms with Gasteiger partial charge < -0.3 is 14.6 Å². The molecule has 10 heteroatoms. The molecule has 0 radical (unpaired) electrons. The van der Waals surface area contributed by atoms with Crippen LogP contribution in [0.1, 0.15) is 28.0 Å². The monoisotopic (exact) mass is 448 g/mol. The first kappa shape index (κ1) is 20.8. The van der Waals surface area contributed by atoms with Crippen molar-refractivity contribution in [3.63, 3.8) is 0 Å². The number of halogens is 2. The number of pyridine rings is 2. The maximum Gasteiger partial charge on any atom is 0.280 e. The van der Waals surface area contributed by atoms with E-state index in [2.05, 4.69) is 25.5 Å². The molecule has 0 saturated carbocycles. The first-order valence-corrected chi connectivity index (χ1v) is 10.2. The molecule has 3 aromatic heterocycles. The first-order valence-electron chi connectivity index (χ1n) is 10.2. The third-order valence-corrected chi connectivity index (χ3v) is 5.27. The van der Waals surface area contributed by atoms with Crippen molar-refractivity contribution in [3.05, 3.63) is 77.9 Å². The molecule has 4 heterocycles. The van der Waals surface area contributed by atoms with Crippen LogP contribution in [0.3, 0.4) is 0 Å². The molecule has 0 aliphatic carbocycles. The van der Waals surface area contributed by atoms with Crippen molar-refractivity contribution < 1.29 is 18.3 Å². The zero-order valence-corrected chi connectivity index (χ0v) is 17.3. The number of nitrogens with zero attached hydrogens (tertiary/aromatic N) is 5. The maximum atomic E-state index is 13.2. The van der Waals surface area contributed by atoms with E-state index in [4.69, 9.17) is 4.74 Å². The van der Waals surface area contributed by atoms with E-state index in [-0.39, 0.29) is 18.2 Å². The lowest BCUT2D eigenvalue weighted by atomic mass is 9.99. The number of carbonyl (C=O) groups excluding carboxylic acids is 1. The van der Waals surface area contributed by atoms with Gasteiger partial charge in [0.1, 0.15) is 23.5 Å². The molecule has 1 aliphatic heterocycles. The molecule has 2 bridgehead atoms. The summed E-state index contributed by atoms with van der Waals surface area (Å²) < 4.78 is 33.3. The highest BCUT2D eigenvalue weighted by molar-refractivity contribution is 6.05. The Kier molecular flexibility index (Phi) is 5.57. The van der Waals surface area contributed by atoms with E-state index in [1.807, 2.05) is 10.6 Å². The fourth-order valence-electron chi connectivity index (χ4n) is 3.57. The molecule has 1 aromatic carbocycles. The maximum absolute atomic E-state index is 13.2. The summed E-state index contributed by atoms with van der Waals surface area (Å²) in [6, 6.07) is 13.4. The Bertz CT molecular complexity index is 1310. The summed E-state index contributed by atoms with van der Waals surface area (Å²) in [4.78, 5) is 21.5. The molecule has 4 aromatic rings. The van der Waals surface area contributed by atoms with E-state index >= 15 is 0 Å². The molecule has 0 unspecified atom stereocenters. The molecular weight excluding hydrogens is 430 g/mol. The van der Waals surface area contributed by atoms with Crippen LogP contribution in [0.5, 0.6) is 0 Å². The molecule has 33 heavy (non-hydrogen) atoms. The Balaban J connectivity index is 1.51. The molecule has 1 aliphatic rings. The fourth-order valence-corrected chi connectivity index (χ4v) is 3.57. The average molecular weight is 448 g/mol.